The third-order valence-electron chi connectivity index (χ3n) is 12.4. The number of carbonyl (C=O) groups is 1. The average Bonchev–Trinajstić information content (AvgIpc) is 3.24. The van der Waals surface area contributed by atoms with Crippen molar-refractivity contribution in [1.29, 1.82) is 0 Å². The number of nitrogens with zero attached hydrogens (tertiary/aromatic N) is 1. The molecule has 0 aliphatic heterocycles. The highest BCUT2D eigenvalue weighted by Gasteiger charge is 2.20. The number of ether oxygens (including phenoxy) is 2. The van der Waals surface area contributed by atoms with E-state index < -0.39 is 13.9 Å². The highest BCUT2D eigenvalue weighted by molar-refractivity contribution is 7.45. The van der Waals surface area contributed by atoms with Crippen LogP contribution >= 0.6 is 7.82 Å². The summed E-state index contributed by atoms with van der Waals surface area (Å²) in [5.74, 6) is -0.348. The molecule has 0 heterocycles. The van der Waals surface area contributed by atoms with Crippen LogP contribution in [0.15, 0.2) is 12.3 Å². The smallest absolute Gasteiger partial charge is 0.306 e. The molecule has 0 bridgehead atoms. The summed E-state index contributed by atoms with van der Waals surface area (Å²) < 4.78 is 34.6. The Morgan fingerprint density at radius 1 is 0.492 bits per heavy atom. The minimum atomic E-state index is -4.54. The predicted molar refractivity (Wildman–Crippen MR) is 268 cm³/mol. The van der Waals surface area contributed by atoms with Gasteiger partial charge in [0.25, 0.3) is 7.82 Å². The third-order valence-corrected chi connectivity index (χ3v) is 13.4. The molecular formula is C54H108NO7P. The van der Waals surface area contributed by atoms with Gasteiger partial charge in [0.2, 0.25) is 0 Å². The van der Waals surface area contributed by atoms with Crippen LogP contribution in [0.5, 0.6) is 0 Å². The van der Waals surface area contributed by atoms with Gasteiger partial charge in [-0.15, -0.1) is 0 Å². The first-order valence-electron chi connectivity index (χ1n) is 27.5. The van der Waals surface area contributed by atoms with Crippen LogP contribution in [0, 0.1) is 0 Å². The Morgan fingerprint density at radius 2 is 0.825 bits per heavy atom. The van der Waals surface area contributed by atoms with E-state index in [0.717, 1.165) is 32.1 Å². The molecule has 0 saturated carbocycles. The summed E-state index contributed by atoms with van der Waals surface area (Å²) in [5.41, 5.74) is 0. The Hall–Kier alpha value is -0.920. The summed E-state index contributed by atoms with van der Waals surface area (Å²) in [6, 6.07) is 0. The maximum atomic E-state index is 12.8. The van der Waals surface area contributed by atoms with Crippen molar-refractivity contribution < 1.29 is 37.3 Å². The Labute approximate surface area is 392 Å². The van der Waals surface area contributed by atoms with Crippen LogP contribution in [0.3, 0.4) is 0 Å². The standard InChI is InChI=1S/C54H108NO7P/c1-6-8-10-12-14-16-18-20-22-24-26-27-28-29-30-31-33-35-37-39-41-43-45-47-54(56)62-53(52-61-63(57,58)60-50-48-55(3,4)5)51-59-49-46-44-42-40-38-36-34-32-25-23-21-19-17-15-13-11-9-7-2/h46,49,53H,6-45,47-48,50-52H2,1-5H3/b49-46+/t53-/m1/s1. The van der Waals surface area contributed by atoms with Gasteiger partial charge in [-0.1, -0.05) is 251 Å². The Kier molecular flexibility index (Phi) is 46.9. The SMILES string of the molecule is CCCCCCCCCCCCCCCCCC/C=C/OC[C@H](COP(=O)([O-])OCC[N+](C)(C)C)OC(=O)CCCCCCCCCCCCCCCCCCCCCCCCC. The fourth-order valence-electron chi connectivity index (χ4n) is 8.16. The van der Waals surface area contributed by atoms with Crippen LogP contribution in [-0.2, 0) is 27.9 Å². The number of likely N-dealkylation sites (N-methyl/N-ethyl adjacent to an activating group) is 1. The molecule has 63 heavy (non-hydrogen) atoms. The Morgan fingerprint density at radius 3 is 1.17 bits per heavy atom. The highest BCUT2D eigenvalue weighted by Crippen LogP contribution is 2.38. The summed E-state index contributed by atoms with van der Waals surface area (Å²) in [4.78, 5) is 25.2. The molecule has 0 fully saturated rings. The van der Waals surface area contributed by atoms with E-state index in [1.54, 1.807) is 6.26 Å². The van der Waals surface area contributed by atoms with Gasteiger partial charge in [-0.25, -0.2) is 0 Å². The normalized spacial score (nSPS) is 13.5. The zero-order chi connectivity index (χ0) is 46.2. The molecule has 0 saturated heterocycles. The molecule has 1 unspecified atom stereocenters. The van der Waals surface area contributed by atoms with Crippen LogP contribution in [-0.4, -0.2) is 64.1 Å². The van der Waals surface area contributed by atoms with Crippen molar-refractivity contribution in [1.82, 2.24) is 0 Å². The molecule has 376 valence electrons. The second kappa shape index (κ2) is 47.6. The number of rotatable bonds is 52. The molecule has 0 aromatic heterocycles. The van der Waals surface area contributed by atoms with Crippen LogP contribution in [0.1, 0.15) is 277 Å². The number of hydrogen-bond donors (Lipinski definition) is 0. The van der Waals surface area contributed by atoms with Crippen LogP contribution in [0.4, 0.5) is 0 Å². The molecular weight excluding hydrogens is 806 g/mol. The molecule has 0 aliphatic carbocycles. The van der Waals surface area contributed by atoms with Crippen molar-refractivity contribution in [3.63, 3.8) is 0 Å². The summed E-state index contributed by atoms with van der Waals surface area (Å²) in [6.45, 7) is 4.80. The molecule has 0 rings (SSSR count). The molecule has 0 N–H and O–H groups in total. The molecule has 0 spiro atoms. The van der Waals surface area contributed by atoms with Gasteiger partial charge in [-0.2, -0.15) is 0 Å². The van der Waals surface area contributed by atoms with Crippen molar-refractivity contribution in [2.45, 2.75) is 283 Å². The second-order valence-electron chi connectivity index (χ2n) is 20.0. The van der Waals surface area contributed by atoms with Crippen molar-refractivity contribution >= 4 is 13.8 Å². The minimum absolute atomic E-state index is 0.0207. The summed E-state index contributed by atoms with van der Waals surface area (Å²) in [7, 11) is 1.34. The first kappa shape index (κ1) is 62.1. The van der Waals surface area contributed by atoms with Gasteiger partial charge in [0.1, 0.15) is 19.8 Å². The van der Waals surface area contributed by atoms with Gasteiger partial charge in [-0.05, 0) is 25.3 Å². The highest BCUT2D eigenvalue weighted by atomic mass is 31.2. The van der Waals surface area contributed by atoms with Gasteiger partial charge in [-0.3, -0.25) is 9.36 Å². The molecule has 0 aromatic carbocycles. The summed E-state index contributed by atoms with van der Waals surface area (Å²) >= 11 is 0. The first-order valence-corrected chi connectivity index (χ1v) is 28.9. The monoisotopic (exact) mass is 914 g/mol. The molecule has 0 radical (unpaired) electrons. The number of esters is 1. The van der Waals surface area contributed by atoms with Crippen LogP contribution in [0.2, 0.25) is 0 Å². The summed E-state index contributed by atoms with van der Waals surface area (Å²) in [6.07, 6.45) is 56.3. The molecule has 2 atom stereocenters. The van der Waals surface area contributed by atoms with E-state index in [0.29, 0.717) is 17.4 Å². The number of allylic oxidation sites excluding steroid dienone is 1. The van der Waals surface area contributed by atoms with Gasteiger partial charge in [0.15, 0.2) is 6.10 Å². The fourth-order valence-corrected chi connectivity index (χ4v) is 8.89. The number of phosphoric ester groups is 1. The zero-order valence-corrected chi connectivity index (χ0v) is 43.7. The topological polar surface area (TPSA) is 94.1 Å². The molecule has 0 amide bonds. The molecule has 0 aromatic rings. The minimum Gasteiger partial charge on any atom is -0.756 e. The number of carbonyl (C=O) groups excluding carboxylic acids is 1. The first-order chi connectivity index (χ1) is 30.6. The van der Waals surface area contributed by atoms with E-state index >= 15 is 0 Å². The van der Waals surface area contributed by atoms with E-state index in [1.165, 1.54) is 225 Å². The molecule has 0 aliphatic rings. The van der Waals surface area contributed by atoms with Gasteiger partial charge in [0.05, 0.1) is 34.0 Å². The predicted octanol–water partition coefficient (Wildman–Crippen LogP) is 16.7. The lowest BCUT2D eigenvalue weighted by molar-refractivity contribution is -0.870. The quantitative estimate of drug-likeness (QED) is 0.0197. The summed E-state index contributed by atoms with van der Waals surface area (Å²) in [5, 5.41) is 0. The maximum absolute atomic E-state index is 12.8. The van der Waals surface area contributed by atoms with Gasteiger partial charge < -0.3 is 27.9 Å². The van der Waals surface area contributed by atoms with Crippen molar-refractivity contribution in [2.24, 2.45) is 0 Å². The maximum Gasteiger partial charge on any atom is 0.306 e. The lowest BCUT2D eigenvalue weighted by Gasteiger charge is -2.28. The lowest BCUT2D eigenvalue weighted by Crippen LogP contribution is -2.37. The number of quaternary nitrogens is 1. The van der Waals surface area contributed by atoms with Crippen molar-refractivity contribution in [3.8, 4) is 0 Å². The van der Waals surface area contributed by atoms with E-state index in [9.17, 15) is 14.3 Å². The molecule has 8 nitrogen and oxygen atoms in total. The number of phosphoric acid groups is 1. The van der Waals surface area contributed by atoms with Gasteiger partial charge in [0, 0.05) is 6.42 Å². The van der Waals surface area contributed by atoms with E-state index in [-0.39, 0.29) is 25.8 Å². The molecule has 9 heteroatoms. The fraction of sp³-hybridized carbons (Fsp3) is 0.944. The van der Waals surface area contributed by atoms with Crippen molar-refractivity contribution in [3.05, 3.63) is 12.3 Å². The number of unbranched alkanes of at least 4 members (excludes halogenated alkanes) is 38. The van der Waals surface area contributed by atoms with Crippen LogP contribution in [0.25, 0.3) is 0 Å². The van der Waals surface area contributed by atoms with E-state index in [1.807, 2.05) is 27.2 Å². The van der Waals surface area contributed by atoms with Crippen molar-refractivity contribution in [2.75, 3.05) is 47.5 Å². The van der Waals surface area contributed by atoms with Gasteiger partial charge >= 0.3 is 5.97 Å². The third kappa shape index (κ3) is 51.9. The van der Waals surface area contributed by atoms with E-state index in [2.05, 4.69) is 13.8 Å². The number of hydrogen-bond acceptors (Lipinski definition) is 7. The zero-order valence-electron chi connectivity index (χ0n) is 42.8. The largest absolute Gasteiger partial charge is 0.756 e. The average molecular weight is 914 g/mol. The second-order valence-corrected chi connectivity index (χ2v) is 21.4. The van der Waals surface area contributed by atoms with E-state index in [4.69, 9.17) is 18.5 Å². The Balaban J connectivity index is 4.08. The van der Waals surface area contributed by atoms with Crippen LogP contribution < -0.4 is 4.89 Å². The Bertz CT molecular complexity index is 1020. The lowest BCUT2D eigenvalue weighted by atomic mass is 10.0.